The second-order valence-electron chi connectivity index (χ2n) is 3.41. The Balaban J connectivity index is 3.02. The molecular formula is C10H11F2N3O3. The van der Waals surface area contributed by atoms with Crippen LogP contribution in [0, 0.1) is 11.6 Å². The Labute approximate surface area is 101 Å². The van der Waals surface area contributed by atoms with Crippen molar-refractivity contribution in [3.63, 3.8) is 0 Å². The first-order chi connectivity index (χ1) is 8.52. The maximum absolute atomic E-state index is 13.6. The van der Waals surface area contributed by atoms with Crippen molar-refractivity contribution in [2.24, 2.45) is 5.11 Å². The summed E-state index contributed by atoms with van der Waals surface area (Å²) in [4.78, 5) is 2.39. The lowest BCUT2D eigenvalue weighted by molar-refractivity contribution is 0.0218. The number of ether oxygens (including phenoxy) is 1. The van der Waals surface area contributed by atoms with Crippen molar-refractivity contribution in [1.29, 1.82) is 0 Å². The van der Waals surface area contributed by atoms with E-state index in [0.717, 1.165) is 12.1 Å². The van der Waals surface area contributed by atoms with Gasteiger partial charge in [0.2, 0.25) is 5.82 Å². The number of aliphatic hydroxyl groups is 2. The van der Waals surface area contributed by atoms with Gasteiger partial charge in [-0.1, -0.05) is 5.11 Å². The molecule has 1 rings (SSSR count). The minimum Gasteiger partial charge on any atom is -0.494 e. The summed E-state index contributed by atoms with van der Waals surface area (Å²) in [5.74, 6) is -2.89. The van der Waals surface area contributed by atoms with Crippen LogP contribution in [0.25, 0.3) is 10.4 Å². The smallest absolute Gasteiger partial charge is 0.200 e. The summed E-state index contributed by atoms with van der Waals surface area (Å²) in [6.07, 6.45) is -3.22. The van der Waals surface area contributed by atoms with E-state index in [-0.39, 0.29) is 5.75 Å². The Morgan fingerprint density at radius 3 is 2.61 bits per heavy atom. The van der Waals surface area contributed by atoms with E-state index in [0.29, 0.717) is 0 Å². The van der Waals surface area contributed by atoms with Gasteiger partial charge < -0.3 is 14.9 Å². The standard InChI is InChI=1S/C10H11F2N3O3/c1-18-7-3-2-5(8(11)9(7)12)10(17)6(16)4-14-15-13/h2-3,6,10,16-17H,4H2,1H3. The molecule has 0 aromatic heterocycles. The number of benzene rings is 1. The fourth-order valence-electron chi connectivity index (χ4n) is 1.36. The van der Waals surface area contributed by atoms with Crippen molar-refractivity contribution in [2.75, 3.05) is 13.7 Å². The van der Waals surface area contributed by atoms with Crippen molar-refractivity contribution in [2.45, 2.75) is 12.2 Å². The Kier molecular flexibility index (Phi) is 4.85. The molecule has 0 amide bonds. The summed E-state index contributed by atoms with van der Waals surface area (Å²) in [5.41, 5.74) is 7.61. The van der Waals surface area contributed by atoms with E-state index in [4.69, 9.17) is 5.53 Å². The van der Waals surface area contributed by atoms with Gasteiger partial charge in [0.25, 0.3) is 0 Å². The Morgan fingerprint density at radius 1 is 1.39 bits per heavy atom. The van der Waals surface area contributed by atoms with E-state index in [2.05, 4.69) is 14.8 Å². The van der Waals surface area contributed by atoms with E-state index in [1.54, 1.807) is 0 Å². The normalized spacial score (nSPS) is 13.6. The Hall–Kier alpha value is -1.89. The molecule has 0 radical (unpaired) electrons. The summed E-state index contributed by atoms with van der Waals surface area (Å²) >= 11 is 0. The number of rotatable bonds is 5. The fourth-order valence-corrected chi connectivity index (χ4v) is 1.36. The molecule has 0 bridgehead atoms. The van der Waals surface area contributed by atoms with E-state index in [9.17, 15) is 19.0 Å². The molecule has 1 aromatic carbocycles. The van der Waals surface area contributed by atoms with Crippen LogP contribution in [0.15, 0.2) is 17.2 Å². The lowest BCUT2D eigenvalue weighted by Crippen LogP contribution is -2.22. The Morgan fingerprint density at radius 2 is 2.06 bits per heavy atom. The van der Waals surface area contributed by atoms with E-state index >= 15 is 0 Å². The lowest BCUT2D eigenvalue weighted by atomic mass is 10.0. The molecule has 0 saturated carbocycles. The molecule has 0 aliphatic heterocycles. The summed E-state index contributed by atoms with van der Waals surface area (Å²) in [5, 5.41) is 22.0. The van der Waals surface area contributed by atoms with Gasteiger partial charge in [0.15, 0.2) is 11.6 Å². The highest BCUT2D eigenvalue weighted by molar-refractivity contribution is 5.32. The van der Waals surface area contributed by atoms with E-state index in [1.807, 2.05) is 0 Å². The molecule has 6 nitrogen and oxygen atoms in total. The zero-order chi connectivity index (χ0) is 13.7. The molecule has 0 saturated heterocycles. The van der Waals surface area contributed by atoms with Gasteiger partial charge in [-0.3, -0.25) is 0 Å². The molecular weight excluding hydrogens is 248 g/mol. The van der Waals surface area contributed by atoms with Crippen LogP contribution in [-0.2, 0) is 0 Å². The van der Waals surface area contributed by atoms with Crippen LogP contribution in [0.2, 0.25) is 0 Å². The first-order valence-corrected chi connectivity index (χ1v) is 4.91. The second kappa shape index (κ2) is 6.15. The van der Waals surface area contributed by atoms with Gasteiger partial charge in [-0.2, -0.15) is 4.39 Å². The quantitative estimate of drug-likeness (QED) is 0.478. The molecule has 8 heteroatoms. The van der Waals surface area contributed by atoms with Crippen LogP contribution in [-0.4, -0.2) is 30.0 Å². The molecule has 2 unspecified atom stereocenters. The molecule has 0 spiro atoms. The zero-order valence-electron chi connectivity index (χ0n) is 9.42. The van der Waals surface area contributed by atoms with Crippen molar-refractivity contribution in [1.82, 2.24) is 0 Å². The van der Waals surface area contributed by atoms with E-state index < -0.39 is 36.0 Å². The number of methoxy groups -OCH3 is 1. The van der Waals surface area contributed by atoms with Crippen LogP contribution >= 0.6 is 0 Å². The van der Waals surface area contributed by atoms with Gasteiger partial charge in [0.05, 0.1) is 19.8 Å². The molecule has 1 aromatic rings. The molecule has 2 N–H and O–H groups in total. The Bertz CT molecular complexity index is 478. The summed E-state index contributed by atoms with van der Waals surface area (Å²) in [6, 6.07) is 2.21. The molecule has 98 valence electrons. The van der Waals surface area contributed by atoms with Gasteiger partial charge in [0, 0.05) is 10.5 Å². The third kappa shape index (κ3) is 2.86. The first kappa shape index (κ1) is 14.2. The third-order valence-corrected chi connectivity index (χ3v) is 2.31. The highest BCUT2D eigenvalue weighted by Gasteiger charge is 2.24. The second-order valence-corrected chi connectivity index (χ2v) is 3.41. The van der Waals surface area contributed by atoms with Gasteiger partial charge in [-0.25, -0.2) is 4.39 Å². The number of azide groups is 1. The molecule has 0 heterocycles. The molecule has 0 fully saturated rings. The molecule has 0 aliphatic carbocycles. The number of aliphatic hydroxyl groups excluding tert-OH is 2. The number of hydrogen-bond acceptors (Lipinski definition) is 4. The number of hydrogen-bond donors (Lipinski definition) is 2. The van der Waals surface area contributed by atoms with Crippen LogP contribution in [0.1, 0.15) is 11.7 Å². The van der Waals surface area contributed by atoms with Gasteiger partial charge in [0.1, 0.15) is 6.10 Å². The number of halogens is 2. The van der Waals surface area contributed by atoms with Gasteiger partial charge in [-0.15, -0.1) is 0 Å². The SMILES string of the molecule is COc1ccc(C(O)C(O)CN=[N+]=[N-])c(F)c1F. The first-order valence-electron chi connectivity index (χ1n) is 4.91. The molecule has 0 aliphatic rings. The minimum atomic E-state index is -1.70. The van der Waals surface area contributed by atoms with Crippen LogP contribution in [0.5, 0.6) is 5.75 Å². The lowest BCUT2D eigenvalue weighted by Gasteiger charge is -2.17. The van der Waals surface area contributed by atoms with Crippen molar-refractivity contribution in [3.05, 3.63) is 39.8 Å². The highest BCUT2D eigenvalue weighted by Crippen LogP contribution is 2.27. The van der Waals surface area contributed by atoms with Crippen molar-refractivity contribution >= 4 is 0 Å². The topological polar surface area (TPSA) is 98.5 Å². The minimum absolute atomic E-state index is 0.312. The van der Waals surface area contributed by atoms with Crippen LogP contribution in [0.4, 0.5) is 8.78 Å². The molecule has 2 atom stereocenters. The van der Waals surface area contributed by atoms with Crippen molar-refractivity contribution < 1.29 is 23.7 Å². The monoisotopic (exact) mass is 259 g/mol. The van der Waals surface area contributed by atoms with Crippen molar-refractivity contribution in [3.8, 4) is 5.75 Å². The highest BCUT2D eigenvalue weighted by atomic mass is 19.2. The van der Waals surface area contributed by atoms with Crippen LogP contribution < -0.4 is 4.74 Å². The molecule has 18 heavy (non-hydrogen) atoms. The summed E-state index contributed by atoms with van der Waals surface area (Å²) in [6.45, 7) is -0.454. The summed E-state index contributed by atoms with van der Waals surface area (Å²) < 4.78 is 31.5. The predicted octanol–water partition coefficient (Wildman–Crippen LogP) is 1.68. The van der Waals surface area contributed by atoms with E-state index in [1.165, 1.54) is 7.11 Å². The maximum Gasteiger partial charge on any atom is 0.200 e. The van der Waals surface area contributed by atoms with Crippen LogP contribution in [0.3, 0.4) is 0 Å². The fraction of sp³-hybridized carbons (Fsp3) is 0.400. The average Bonchev–Trinajstić information content (AvgIpc) is 2.38. The largest absolute Gasteiger partial charge is 0.494 e. The predicted molar refractivity (Wildman–Crippen MR) is 57.9 cm³/mol. The average molecular weight is 259 g/mol. The maximum atomic E-state index is 13.6. The number of nitrogens with zero attached hydrogens (tertiary/aromatic N) is 3. The third-order valence-electron chi connectivity index (χ3n) is 2.31. The summed E-state index contributed by atoms with van der Waals surface area (Å²) in [7, 11) is 1.17. The zero-order valence-corrected chi connectivity index (χ0v) is 9.42. The van der Waals surface area contributed by atoms with Gasteiger partial charge in [-0.05, 0) is 17.7 Å². The van der Waals surface area contributed by atoms with Gasteiger partial charge >= 0.3 is 0 Å².